The topological polar surface area (TPSA) is 49.4 Å². The number of hydrogen-bond acceptors (Lipinski definition) is 3. The van der Waals surface area contributed by atoms with E-state index in [2.05, 4.69) is 5.32 Å². The van der Waals surface area contributed by atoms with Gasteiger partial charge in [0.2, 0.25) is 0 Å². The van der Waals surface area contributed by atoms with Crippen LogP contribution in [0.3, 0.4) is 0 Å². The minimum Gasteiger partial charge on any atom is -0.350 e. The molecule has 0 aliphatic carbocycles. The molecule has 0 radical (unpaired) electrons. The molecule has 0 aromatic heterocycles. The third kappa shape index (κ3) is 3.39. The second kappa shape index (κ2) is 7.59. The van der Waals surface area contributed by atoms with Crippen LogP contribution in [0.1, 0.15) is 22.3 Å². The zero-order valence-electron chi connectivity index (χ0n) is 17.0. The van der Waals surface area contributed by atoms with Crippen molar-refractivity contribution in [2.45, 2.75) is 20.8 Å². The smallest absolute Gasteiger partial charge is 0.282 e. The third-order valence-electron chi connectivity index (χ3n) is 5.19. The third-order valence-corrected chi connectivity index (χ3v) is 5.19. The molecule has 0 saturated heterocycles. The summed E-state index contributed by atoms with van der Waals surface area (Å²) < 4.78 is 13.7. The van der Waals surface area contributed by atoms with Gasteiger partial charge in [-0.15, -0.1) is 0 Å². The summed E-state index contributed by atoms with van der Waals surface area (Å²) in [6.45, 7) is 5.73. The normalized spacial score (nSPS) is 13.9. The molecular formula is C25H21FN2O2. The fourth-order valence-corrected chi connectivity index (χ4v) is 3.73. The molecule has 4 rings (SSSR count). The van der Waals surface area contributed by atoms with Gasteiger partial charge in [-0.05, 0) is 61.7 Å². The van der Waals surface area contributed by atoms with E-state index in [1.165, 1.54) is 17.0 Å². The number of imide groups is 1. The molecule has 1 N–H and O–H groups in total. The van der Waals surface area contributed by atoms with Crippen LogP contribution >= 0.6 is 0 Å². The van der Waals surface area contributed by atoms with E-state index < -0.39 is 17.6 Å². The van der Waals surface area contributed by atoms with Crippen LogP contribution in [-0.2, 0) is 9.59 Å². The molecule has 150 valence electrons. The lowest BCUT2D eigenvalue weighted by Crippen LogP contribution is -2.33. The monoisotopic (exact) mass is 400 g/mol. The Balaban J connectivity index is 1.89. The van der Waals surface area contributed by atoms with Gasteiger partial charge in [-0.25, -0.2) is 9.29 Å². The average molecular weight is 400 g/mol. The van der Waals surface area contributed by atoms with Gasteiger partial charge in [0.15, 0.2) is 0 Å². The van der Waals surface area contributed by atoms with Crippen molar-refractivity contribution in [3.63, 3.8) is 0 Å². The summed E-state index contributed by atoms with van der Waals surface area (Å²) in [5.74, 6) is -1.30. The summed E-state index contributed by atoms with van der Waals surface area (Å²) in [5.41, 5.74) is 4.79. The fourth-order valence-electron chi connectivity index (χ4n) is 3.73. The number of halogens is 1. The number of benzene rings is 3. The van der Waals surface area contributed by atoms with Crippen molar-refractivity contribution in [3.8, 4) is 0 Å². The van der Waals surface area contributed by atoms with Crippen LogP contribution < -0.4 is 10.2 Å². The van der Waals surface area contributed by atoms with Crippen molar-refractivity contribution in [3.05, 3.63) is 100 Å². The highest BCUT2D eigenvalue weighted by Crippen LogP contribution is 2.36. The minimum absolute atomic E-state index is 0.140. The van der Waals surface area contributed by atoms with Crippen LogP contribution in [-0.4, -0.2) is 11.8 Å². The van der Waals surface area contributed by atoms with Crippen LogP contribution in [0, 0.1) is 26.6 Å². The van der Waals surface area contributed by atoms with Crippen LogP contribution in [0.4, 0.5) is 15.8 Å². The quantitative estimate of drug-likeness (QED) is 0.617. The largest absolute Gasteiger partial charge is 0.350 e. The number of carbonyl (C=O) groups is 2. The van der Waals surface area contributed by atoms with E-state index in [9.17, 15) is 14.0 Å². The Labute approximate surface area is 174 Å². The predicted octanol–water partition coefficient (Wildman–Crippen LogP) is 5.15. The van der Waals surface area contributed by atoms with Gasteiger partial charge in [0.1, 0.15) is 11.5 Å². The van der Waals surface area contributed by atoms with E-state index in [0.717, 1.165) is 16.7 Å². The van der Waals surface area contributed by atoms with Gasteiger partial charge >= 0.3 is 0 Å². The molecule has 4 nitrogen and oxygen atoms in total. The Kier molecular flexibility index (Phi) is 4.96. The number of nitrogens with zero attached hydrogens (tertiary/aromatic N) is 1. The minimum atomic E-state index is -0.464. The number of hydrogen-bond donors (Lipinski definition) is 1. The summed E-state index contributed by atoms with van der Waals surface area (Å²) in [6, 6.07) is 18.8. The lowest BCUT2D eigenvalue weighted by molar-refractivity contribution is -0.120. The second-order valence-corrected chi connectivity index (χ2v) is 7.44. The maximum atomic E-state index is 13.7. The summed E-state index contributed by atoms with van der Waals surface area (Å²) in [4.78, 5) is 28.1. The van der Waals surface area contributed by atoms with Crippen molar-refractivity contribution in [2.75, 3.05) is 10.2 Å². The number of nitrogens with one attached hydrogen (secondary N) is 1. The number of amides is 2. The van der Waals surface area contributed by atoms with Gasteiger partial charge in [-0.3, -0.25) is 9.59 Å². The van der Waals surface area contributed by atoms with E-state index in [1.54, 1.807) is 24.3 Å². The van der Waals surface area contributed by atoms with Crippen LogP contribution in [0.5, 0.6) is 0 Å². The maximum Gasteiger partial charge on any atom is 0.282 e. The Bertz CT molecular complexity index is 1210. The Hall–Kier alpha value is -3.73. The average Bonchev–Trinajstić information content (AvgIpc) is 2.93. The van der Waals surface area contributed by atoms with E-state index in [4.69, 9.17) is 0 Å². The molecule has 0 spiro atoms. The first kappa shape index (κ1) is 19.6. The van der Waals surface area contributed by atoms with Crippen LogP contribution in [0.15, 0.2) is 72.4 Å². The van der Waals surface area contributed by atoms with Gasteiger partial charge in [0.05, 0.1) is 11.3 Å². The Morgan fingerprint density at radius 3 is 2.27 bits per heavy atom. The van der Waals surface area contributed by atoms with Gasteiger partial charge in [-0.2, -0.15) is 0 Å². The number of carbonyl (C=O) groups excluding carboxylic acids is 2. The molecule has 5 heteroatoms. The van der Waals surface area contributed by atoms with Crippen molar-refractivity contribution >= 4 is 28.8 Å². The van der Waals surface area contributed by atoms with E-state index in [0.29, 0.717) is 16.9 Å². The molecule has 0 fully saturated rings. The molecule has 1 heterocycles. The highest BCUT2D eigenvalue weighted by Gasteiger charge is 2.41. The first-order chi connectivity index (χ1) is 14.4. The lowest BCUT2D eigenvalue weighted by atomic mass is 9.97. The molecular weight excluding hydrogens is 379 g/mol. The number of rotatable bonds is 4. The maximum absolute atomic E-state index is 13.7. The van der Waals surface area contributed by atoms with E-state index in [1.807, 2.05) is 51.1 Å². The highest BCUT2D eigenvalue weighted by atomic mass is 19.1. The molecule has 0 unspecified atom stereocenters. The molecule has 3 aromatic carbocycles. The first-order valence-electron chi connectivity index (χ1n) is 9.65. The van der Waals surface area contributed by atoms with Crippen LogP contribution in [0.2, 0.25) is 0 Å². The van der Waals surface area contributed by atoms with Crippen molar-refractivity contribution in [1.82, 2.24) is 0 Å². The van der Waals surface area contributed by atoms with E-state index >= 15 is 0 Å². The molecule has 0 bridgehead atoms. The highest BCUT2D eigenvalue weighted by molar-refractivity contribution is 6.46. The van der Waals surface area contributed by atoms with Gasteiger partial charge in [-0.1, -0.05) is 48.0 Å². The van der Waals surface area contributed by atoms with Crippen molar-refractivity contribution in [1.29, 1.82) is 0 Å². The van der Waals surface area contributed by atoms with Gasteiger partial charge in [0.25, 0.3) is 11.8 Å². The molecule has 3 aromatic rings. The molecule has 0 saturated carbocycles. The molecule has 1 aliphatic rings. The number of anilines is 2. The summed E-state index contributed by atoms with van der Waals surface area (Å²) >= 11 is 0. The van der Waals surface area contributed by atoms with Crippen molar-refractivity contribution in [2.24, 2.45) is 0 Å². The number of aryl methyl sites for hydroxylation is 3. The molecule has 30 heavy (non-hydrogen) atoms. The van der Waals surface area contributed by atoms with Gasteiger partial charge in [0, 0.05) is 5.69 Å². The SMILES string of the molecule is Cc1ccc(C2=C(Nc3cccc(F)c3)C(=O)N(c3ccccc3C)C2=O)c(C)c1. The molecule has 0 atom stereocenters. The van der Waals surface area contributed by atoms with Gasteiger partial charge < -0.3 is 5.32 Å². The lowest BCUT2D eigenvalue weighted by Gasteiger charge is -2.17. The summed E-state index contributed by atoms with van der Waals surface area (Å²) in [7, 11) is 0. The fraction of sp³-hybridized carbons (Fsp3) is 0.120. The Morgan fingerprint density at radius 2 is 1.57 bits per heavy atom. The van der Waals surface area contributed by atoms with Crippen molar-refractivity contribution < 1.29 is 14.0 Å². The summed E-state index contributed by atoms with van der Waals surface area (Å²) in [6.07, 6.45) is 0. The first-order valence-corrected chi connectivity index (χ1v) is 9.65. The molecule has 2 amide bonds. The Morgan fingerprint density at radius 1 is 0.800 bits per heavy atom. The zero-order chi connectivity index (χ0) is 21.4. The van der Waals surface area contributed by atoms with Crippen LogP contribution in [0.25, 0.3) is 5.57 Å². The molecule has 1 aliphatic heterocycles. The number of para-hydroxylation sites is 1. The standard InChI is InChI=1S/C25H21FN2O2/c1-15-11-12-20(17(3)13-15)22-23(27-19-9-6-8-18(26)14-19)25(30)28(24(22)29)21-10-5-4-7-16(21)2/h4-14,27H,1-3H3. The second-order valence-electron chi connectivity index (χ2n) is 7.44. The summed E-state index contributed by atoms with van der Waals surface area (Å²) in [5, 5.41) is 3.00. The predicted molar refractivity (Wildman–Crippen MR) is 117 cm³/mol. The van der Waals surface area contributed by atoms with E-state index in [-0.39, 0.29) is 11.3 Å². The zero-order valence-corrected chi connectivity index (χ0v) is 17.0.